The van der Waals surface area contributed by atoms with Gasteiger partial charge in [-0.2, -0.15) is 0 Å². The molecule has 1 aromatic heterocycles. The number of halogens is 1. The molecule has 0 bridgehead atoms. The third kappa shape index (κ3) is 4.29. The Morgan fingerprint density at radius 3 is 2.81 bits per heavy atom. The van der Waals surface area contributed by atoms with Crippen LogP contribution in [0.1, 0.15) is 24.7 Å². The van der Waals surface area contributed by atoms with Crippen molar-refractivity contribution in [3.8, 4) is 0 Å². The summed E-state index contributed by atoms with van der Waals surface area (Å²) >= 11 is 0. The zero-order valence-electron chi connectivity index (χ0n) is 12.9. The minimum absolute atomic E-state index is 0.201. The van der Waals surface area contributed by atoms with Gasteiger partial charge in [0.15, 0.2) is 0 Å². The van der Waals surface area contributed by atoms with Crippen LogP contribution in [0.25, 0.3) is 0 Å². The molecule has 0 aliphatic rings. The van der Waals surface area contributed by atoms with E-state index in [2.05, 4.69) is 17.2 Å². The molecule has 21 heavy (non-hydrogen) atoms. The molecule has 2 rings (SSSR count). The van der Waals surface area contributed by atoms with Gasteiger partial charge in [-0.15, -0.1) is 0 Å². The minimum Gasteiger partial charge on any atom is -0.367 e. The first-order chi connectivity index (χ1) is 10.1. The van der Waals surface area contributed by atoms with Gasteiger partial charge in [0.25, 0.3) is 0 Å². The van der Waals surface area contributed by atoms with Crippen LogP contribution in [-0.2, 0) is 20.1 Å². The molecule has 1 heterocycles. The number of aromatic nitrogens is 2. The first-order valence-electron chi connectivity index (χ1n) is 7.27. The van der Waals surface area contributed by atoms with Crippen molar-refractivity contribution in [2.24, 2.45) is 7.05 Å². The van der Waals surface area contributed by atoms with Gasteiger partial charge in [0.05, 0.1) is 6.54 Å². The zero-order chi connectivity index (χ0) is 15.2. The van der Waals surface area contributed by atoms with Crippen LogP contribution in [0, 0.1) is 5.82 Å². The molecule has 0 saturated heterocycles. The zero-order valence-corrected chi connectivity index (χ0v) is 12.9. The van der Waals surface area contributed by atoms with Gasteiger partial charge in [-0.05, 0) is 36.7 Å². The van der Waals surface area contributed by atoms with Gasteiger partial charge in [0.2, 0.25) is 0 Å². The second kappa shape index (κ2) is 7.22. The Hall–Kier alpha value is -1.88. The van der Waals surface area contributed by atoms with Crippen molar-refractivity contribution in [1.29, 1.82) is 0 Å². The Morgan fingerprint density at radius 2 is 2.14 bits per heavy atom. The highest BCUT2D eigenvalue weighted by atomic mass is 19.1. The van der Waals surface area contributed by atoms with Crippen molar-refractivity contribution in [3.63, 3.8) is 0 Å². The van der Waals surface area contributed by atoms with E-state index in [4.69, 9.17) is 0 Å². The van der Waals surface area contributed by atoms with Gasteiger partial charge in [-0.3, -0.25) is 0 Å². The Bertz CT molecular complexity index is 579. The molecule has 0 spiro atoms. The molecule has 5 heteroatoms. The smallest absolute Gasteiger partial charge is 0.127 e. The summed E-state index contributed by atoms with van der Waals surface area (Å²) in [5, 5.41) is 3.30. The van der Waals surface area contributed by atoms with Crippen LogP contribution in [0.4, 0.5) is 10.1 Å². The monoisotopic (exact) mass is 290 g/mol. The first kappa shape index (κ1) is 15.5. The van der Waals surface area contributed by atoms with Gasteiger partial charge >= 0.3 is 0 Å². The molecule has 0 radical (unpaired) electrons. The molecular weight excluding hydrogens is 267 g/mol. The van der Waals surface area contributed by atoms with Crippen molar-refractivity contribution in [3.05, 3.63) is 47.8 Å². The van der Waals surface area contributed by atoms with Gasteiger partial charge in [0, 0.05) is 38.7 Å². The van der Waals surface area contributed by atoms with E-state index in [-0.39, 0.29) is 5.82 Å². The van der Waals surface area contributed by atoms with E-state index in [0.717, 1.165) is 30.0 Å². The fourth-order valence-electron chi connectivity index (χ4n) is 2.22. The van der Waals surface area contributed by atoms with Crippen LogP contribution in [0.5, 0.6) is 0 Å². The summed E-state index contributed by atoms with van der Waals surface area (Å²) in [6.07, 6.45) is 4.75. The number of hydrogen-bond acceptors (Lipinski definition) is 3. The van der Waals surface area contributed by atoms with Gasteiger partial charge < -0.3 is 14.8 Å². The molecule has 0 atom stereocenters. The molecule has 1 aromatic carbocycles. The lowest BCUT2D eigenvalue weighted by atomic mass is 10.1. The van der Waals surface area contributed by atoms with E-state index in [9.17, 15) is 4.39 Å². The second-order valence-electron chi connectivity index (χ2n) is 5.30. The normalized spacial score (nSPS) is 10.9. The number of aryl methyl sites for hydroxylation is 1. The van der Waals surface area contributed by atoms with E-state index in [0.29, 0.717) is 13.1 Å². The number of nitrogens with one attached hydrogen (secondary N) is 1. The number of anilines is 1. The highest BCUT2D eigenvalue weighted by Crippen LogP contribution is 2.19. The van der Waals surface area contributed by atoms with Gasteiger partial charge in [-0.1, -0.05) is 6.92 Å². The van der Waals surface area contributed by atoms with Crippen molar-refractivity contribution < 1.29 is 4.39 Å². The predicted octanol–water partition coefficient (Wildman–Crippen LogP) is 2.70. The van der Waals surface area contributed by atoms with E-state index in [1.165, 1.54) is 0 Å². The summed E-state index contributed by atoms with van der Waals surface area (Å²) in [5.41, 5.74) is 1.83. The average molecular weight is 290 g/mol. The summed E-state index contributed by atoms with van der Waals surface area (Å²) in [5.74, 6) is 0.750. The van der Waals surface area contributed by atoms with Crippen molar-refractivity contribution in [2.75, 3.05) is 18.5 Å². The van der Waals surface area contributed by atoms with Crippen LogP contribution < -0.4 is 10.2 Å². The topological polar surface area (TPSA) is 33.1 Å². The maximum atomic E-state index is 13.8. The average Bonchev–Trinajstić information content (AvgIpc) is 2.84. The summed E-state index contributed by atoms with van der Waals surface area (Å²) in [4.78, 5) is 6.31. The minimum atomic E-state index is -0.201. The van der Waals surface area contributed by atoms with Crippen LogP contribution in [0.15, 0.2) is 30.6 Å². The quantitative estimate of drug-likeness (QED) is 0.796. The fourth-order valence-corrected chi connectivity index (χ4v) is 2.22. The van der Waals surface area contributed by atoms with E-state index in [1.54, 1.807) is 18.3 Å². The van der Waals surface area contributed by atoms with E-state index < -0.39 is 0 Å². The number of nitrogens with zero attached hydrogens (tertiary/aromatic N) is 3. The Kier molecular flexibility index (Phi) is 5.33. The number of benzene rings is 1. The maximum Gasteiger partial charge on any atom is 0.127 e. The third-order valence-corrected chi connectivity index (χ3v) is 3.44. The van der Waals surface area contributed by atoms with E-state index in [1.807, 2.05) is 35.8 Å². The third-order valence-electron chi connectivity index (χ3n) is 3.44. The van der Waals surface area contributed by atoms with Gasteiger partial charge in [0.1, 0.15) is 11.6 Å². The summed E-state index contributed by atoms with van der Waals surface area (Å²) in [6, 6.07) is 5.17. The Balaban J connectivity index is 2.09. The molecule has 4 nitrogen and oxygen atoms in total. The molecule has 0 unspecified atom stereocenters. The van der Waals surface area contributed by atoms with Crippen LogP contribution in [-0.4, -0.2) is 23.1 Å². The number of hydrogen-bond donors (Lipinski definition) is 1. The van der Waals surface area contributed by atoms with Crippen molar-refractivity contribution in [2.45, 2.75) is 26.4 Å². The van der Waals surface area contributed by atoms with Crippen molar-refractivity contribution in [1.82, 2.24) is 14.9 Å². The lowest BCUT2D eigenvalue weighted by molar-refractivity contribution is 0.618. The Morgan fingerprint density at radius 1 is 1.33 bits per heavy atom. The maximum absolute atomic E-state index is 13.8. The molecule has 114 valence electrons. The Labute approximate surface area is 125 Å². The SMILES string of the molecule is CCCNCc1cc(F)cc(N(C)Cc2nccn2C)c1. The van der Waals surface area contributed by atoms with Gasteiger partial charge in [-0.25, -0.2) is 9.37 Å². The van der Waals surface area contributed by atoms with E-state index >= 15 is 0 Å². The molecular formula is C16H23FN4. The first-order valence-corrected chi connectivity index (χ1v) is 7.27. The number of imidazole rings is 1. The molecule has 2 aromatic rings. The predicted molar refractivity (Wildman–Crippen MR) is 83.7 cm³/mol. The molecule has 0 saturated carbocycles. The summed E-state index contributed by atoms with van der Waals surface area (Å²) < 4.78 is 15.8. The lowest BCUT2D eigenvalue weighted by Crippen LogP contribution is -2.20. The van der Waals surface area contributed by atoms with Crippen molar-refractivity contribution >= 4 is 5.69 Å². The van der Waals surface area contributed by atoms with Crippen LogP contribution in [0.3, 0.4) is 0 Å². The molecule has 0 fully saturated rings. The highest BCUT2D eigenvalue weighted by Gasteiger charge is 2.08. The highest BCUT2D eigenvalue weighted by molar-refractivity contribution is 5.48. The molecule has 0 amide bonds. The molecule has 1 N–H and O–H groups in total. The molecule has 0 aliphatic carbocycles. The van der Waals surface area contributed by atoms with Crippen LogP contribution in [0.2, 0.25) is 0 Å². The lowest BCUT2D eigenvalue weighted by Gasteiger charge is -2.20. The number of rotatable bonds is 7. The largest absolute Gasteiger partial charge is 0.367 e. The molecule has 0 aliphatic heterocycles. The second-order valence-corrected chi connectivity index (χ2v) is 5.30. The summed E-state index contributed by atoms with van der Waals surface area (Å²) in [6.45, 7) is 4.39. The van der Waals surface area contributed by atoms with Crippen LogP contribution >= 0.6 is 0 Å². The fraction of sp³-hybridized carbons (Fsp3) is 0.438. The summed E-state index contributed by atoms with van der Waals surface area (Å²) in [7, 11) is 3.91. The standard InChI is InChI=1S/C16H23FN4/c1-4-5-18-11-13-8-14(17)10-15(9-13)21(3)12-16-19-6-7-20(16)2/h6-10,18H,4-5,11-12H2,1-3H3.